The van der Waals surface area contributed by atoms with Crippen LogP contribution in [-0.4, -0.2) is 15.0 Å². The van der Waals surface area contributed by atoms with E-state index >= 15 is 0 Å². The number of hydrogen-bond acceptors (Lipinski definition) is 4. The van der Waals surface area contributed by atoms with E-state index in [1.807, 2.05) is 0 Å². The van der Waals surface area contributed by atoms with Crippen LogP contribution in [0.5, 0.6) is 0 Å². The lowest BCUT2D eigenvalue weighted by molar-refractivity contribution is -0.116. The van der Waals surface area contributed by atoms with Crippen LogP contribution in [0.15, 0.2) is 33.9 Å². The van der Waals surface area contributed by atoms with E-state index in [1.54, 1.807) is 24.3 Å². The lowest BCUT2D eigenvalue weighted by Gasteiger charge is -2.14. The summed E-state index contributed by atoms with van der Waals surface area (Å²) in [5.41, 5.74) is 1.48. The number of nitrogens with one attached hydrogen (secondary N) is 1. The highest BCUT2D eigenvalue weighted by molar-refractivity contribution is 7.19. The average Bonchev–Trinajstić information content (AvgIpc) is 3.03. The molecule has 0 unspecified atom stereocenters. The summed E-state index contributed by atoms with van der Waals surface area (Å²) in [6, 6.07) is 6.83. The Morgan fingerprint density at radius 1 is 1.26 bits per heavy atom. The number of nitrogens with zero attached hydrogens (tertiary/aromatic N) is 2. The third-order valence-corrected chi connectivity index (χ3v) is 6.34. The Labute approximate surface area is 164 Å². The van der Waals surface area contributed by atoms with Gasteiger partial charge in [-0.3, -0.25) is 18.7 Å². The van der Waals surface area contributed by atoms with Gasteiger partial charge in [0.05, 0.1) is 5.52 Å². The molecule has 140 valence electrons. The van der Waals surface area contributed by atoms with Gasteiger partial charge in [0.2, 0.25) is 5.91 Å². The molecule has 0 atom stereocenters. The molecule has 8 heteroatoms. The van der Waals surface area contributed by atoms with Crippen molar-refractivity contribution in [1.82, 2.24) is 9.13 Å². The minimum absolute atomic E-state index is 0.154. The molecule has 1 aliphatic carbocycles. The first kappa shape index (κ1) is 18.0. The van der Waals surface area contributed by atoms with Gasteiger partial charge in [0.15, 0.2) is 0 Å². The molecule has 0 fully saturated rings. The molecule has 0 saturated heterocycles. The second-order valence-corrected chi connectivity index (χ2v) is 8.22. The van der Waals surface area contributed by atoms with Gasteiger partial charge < -0.3 is 5.32 Å². The van der Waals surface area contributed by atoms with Crippen LogP contribution in [0.3, 0.4) is 0 Å². The molecule has 0 radical (unpaired) electrons. The van der Waals surface area contributed by atoms with Crippen molar-refractivity contribution in [2.75, 3.05) is 5.32 Å². The summed E-state index contributed by atoms with van der Waals surface area (Å²) in [6.07, 6.45) is 3.86. The van der Waals surface area contributed by atoms with Crippen molar-refractivity contribution >= 4 is 44.7 Å². The number of benzene rings is 1. The number of aryl methyl sites for hydroxylation is 2. The molecule has 0 spiro atoms. The van der Waals surface area contributed by atoms with E-state index in [0.717, 1.165) is 40.7 Å². The quantitative estimate of drug-likeness (QED) is 0.730. The third kappa shape index (κ3) is 3.21. The first-order valence-electron chi connectivity index (χ1n) is 8.75. The van der Waals surface area contributed by atoms with Gasteiger partial charge in [-0.2, -0.15) is 0 Å². The number of halogens is 1. The average molecular weight is 404 g/mol. The normalized spacial score (nSPS) is 13.6. The first-order valence-corrected chi connectivity index (χ1v) is 9.94. The zero-order valence-electron chi connectivity index (χ0n) is 14.8. The van der Waals surface area contributed by atoms with Crippen LogP contribution in [0.25, 0.3) is 10.2 Å². The molecule has 2 heterocycles. The number of rotatable bonds is 3. The fourth-order valence-corrected chi connectivity index (χ4v) is 5.11. The molecule has 3 aromatic rings. The molecule has 4 rings (SSSR count). The number of fused-ring (bicyclic) bond motifs is 3. The van der Waals surface area contributed by atoms with Gasteiger partial charge >= 0.3 is 5.69 Å². The van der Waals surface area contributed by atoms with Crippen LogP contribution in [0.2, 0.25) is 5.02 Å². The Morgan fingerprint density at radius 3 is 2.81 bits per heavy atom. The van der Waals surface area contributed by atoms with Gasteiger partial charge in [0.25, 0.3) is 5.56 Å². The van der Waals surface area contributed by atoms with Gasteiger partial charge in [-0.05, 0) is 49.4 Å². The van der Waals surface area contributed by atoms with E-state index in [-0.39, 0.29) is 18.0 Å². The Kier molecular flexibility index (Phi) is 4.65. The fraction of sp³-hybridized carbons (Fsp3) is 0.316. The Hall–Kier alpha value is -2.38. The highest BCUT2D eigenvalue weighted by Gasteiger charge is 2.23. The molecule has 1 aromatic carbocycles. The van der Waals surface area contributed by atoms with Gasteiger partial charge in [-0.1, -0.05) is 17.7 Å². The van der Waals surface area contributed by atoms with Crippen LogP contribution in [0.1, 0.15) is 23.3 Å². The third-order valence-electron chi connectivity index (χ3n) is 4.84. The van der Waals surface area contributed by atoms with Gasteiger partial charge in [0, 0.05) is 22.6 Å². The first-order chi connectivity index (χ1) is 13.0. The van der Waals surface area contributed by atoms with Crippen molar-refractivity contribution in [1.29, 1.82) is 0 Å². The summed E-state index contributed by atoms with van der Waals surface area (Å²) in [7, 11) is 1.45. The Balaban J connectivity index is 1.79. The molecule has 27 heavy (non-hydrogen) atoms. The fourth-order valence-electron chi connectivity index (χ4n) is 3.55. The molecule has 1 amide bonds. The van der Waals surface area contributed by atoms with Gasteiger partial charge in [-0.15, -0.1) is 11.3 Å². The maximum Gasteiger partial charge on any atom is 0.331 e. The summed E-state index contributed by atoms with van der Waals surface area (Å²) in [6.45, 7) is -0.154. The zero-order valence-corrected chi connectivity index (χ0v) is 16.3. The van der Waals surface area contributed by atoms with Crippen molar-refractivity contribution < 1.29 is 4.79 Å². The van der Waals surface area contributed by atoms with Crippen molar-refractivity contribution in [2.45, 2.75) is 32.2 Å². The predicted octanol–water partition coefficient (Wildman–Crippen LogP) is 2.93. The van der Waals surface area contributed by atoms with Crippen LogP contribution in [0, 0.1) is 0 Å². The van der Waals surface area contributed by atoms with E-state index in [1.165, 1.54) is 23.0 Å². The lowest BCUT2D eigenvalue weighted by atomic mass is 9.98. The molecule has 2 aromatic heterocycles. The van der Waals surface area contributed by atoms with E-state index in [9.17, 15) is 14.4 Å². The number of thiophene rings is 1. The predicted molar refractivity (Wildman–Crippen MR) is 108 cm³/mol. The molecule has 0 aliphatic heterocycles. The number of hydrogen-bond donors (Lipinski definition) is 1. The number of aromatic nitrogens is 2. The van der Waals surface area contributed by atoms with Crippen LogP contribution < -0.4 is 16.6 Å². The highest BCUT2D eigenvalue weighted by atomic mass is 35.5. The molecular formula is C19H18ClN3O3S. The van der Waals surface area contributed by atoms with Gasteiger partial charge in [-0.25, -0.2) is 4.79 Å². The van der Waals surface area contributed by atoms with E-state index in [0.29, 0.717) is 20.9 Å². The van der Waals surface area contributed by atoms with E-state index < -0.39 is 5.69 Å². The Bertz CT molecular complexity index is 1180. The largest absolute Gasteiger partial charge is 0.331 e. The summed E-state index contributed by atoms with van der Waals surface area (Å²) < 4.78 is 3.06. The topological polar surface area (TPSA) is 73.1 Å². The second-order valence-electron chi connectivity index (χ2n) is 6.68. The Morgan fingerprint density at radius 2 is 2.04 bits per heavy atom. The van der Waals surface area contributed by atoms with E-state index in [4.69, 9.17) is 11.6 Å². The van der Waals surface area contributed by atoms with Crippen molar-refractivity contribution in [3.63, 3.8) is 0 Å². The molecule has 0 saturated carbocycles. The second kappa shape index (κ2) is 6.98. The maximum atomic E-state index is 12.8. The summed E-state index contributed by atoms with van der Waals surface area (Å²) >= 11 is 7.41. The summed E-state index contributed by atoms with van der Waals surface area (Å²) in [5, 5.41) is 3.28. The standard InChI is InChI=1S/C19H18ClN3O3S/c1-22-18(25)17-16(13-7-2-3-8-14(13)27-17)23(19(22)26)10-15(24)21-12-6-4-5-11(20)9-12/h4-6,9H,2-3,7-8,10H2,1H3,(H,21,24). The molecule has 6 nitrogen and oxygen atoms in total. The molecular weight excluding hydrogens is 386 g/mol. The van der Waals surface area contributed by atoms with Crippen LogP contribution in [0.4, 0.5) is 5.69 Å². The molecule has 0 bridgehead atoms. The number of carbonyl (C=O) groups is 1. The monoisotopic (exact) mass is 403 g/mol. The number of anilines is 1. The minimum Gasteiger partial charge on any atom is -0.324 e. The van der Waals surface area contributed by atoms with Crippen molar-refractivity contribution in [2.24, 2.45) is 7.05 Å². The zero-order chi connectivity index (χ0) is 19.1. The molecule has 1 aliphatic rings. The highest BCUT2D eigenvalue weighted by Crippen LogP contribution is 2.34. The molecule has 1 N–H and O–H groups in total. The van der Waals surface area contributed by atoms with Gasteiger partial charge in [0.1, 0.15) is 11.2 Å². The number of carbonyl (C=O) groups excluding carboxylic acids is 1. The maximum absolute atomic E-state index is 12.8. The van der Waals surface area contributed by atoms with Crippen molar-refractivity contribution in [3.05, 3.63) is 60.6 Å². The van der Waals surface area contributed by atoms with E-state index in [2.05, 4.69) is 5.32 Å². The minimum atomic E-state index is -0.472. The summed E-state index contributed by atoms with van der Waals surface area (Å²) in [4.78, 5) is 39.1. The summed E-state index contributed by atoms with van der Waals surface area (Å²) in [5.74, 6) is -0.338. The number of amides is 1. The van der Waals surface area contributed by atoms with Crippen molar-refractivity contribution in [3.8, 4) is 0 Å². The lowest BCUT2D eigenvalue weighted by Crippen LogP contribution is -2.40. The smallest absolute Gasteiger partial charge is 0.324 e. The van der Waals surface area contributed by atoms with Crippen LogP contribution >= 0.6 is 22.9 Å². The SMILES string of the molecule is Cn1c(=O)c2sc3c(c2n(CC(=O)Nc2cccc(Cl)c2)c1=O)CCCC3. The van der Waals surface area contributed by atoms with Crippen LogP contribution in [-0.2, 0) is 31.2 Å².